The molecule has 1 aliphatic rings. The number of aromatic nitrogens is 2. The van der Waals surface area contributed by atoms with Gasteiger partial charge in [-0.15, -0.1) is 0 Å². The molecule has 25 heavy (non-hydrogen) atoms. The second kappa shape index (κ2) is 6.24. The van der Waals surface area contributed by atoms with Gasteiger partial charge in [-0.3, -0.25) is 9.48 Å². The second-order valence-corrected chi connectivity index (χ2v) is 7.29. The molecule has 0 radical (unpaired) electrons. The first-order chi connectivity index (χ1) is 11.7. The highest BCUT2D eigenvalue weighted by molar-refractivity contribution is 6.05. The highest BCUT2D eigenvalue weighted by Crippen LogP contribution is 2.48. The van der Waals surface area contributed by atoms with Crippen molar-refractivity contribution >= 4 is 11.6 Å². The van der Waals surface area contributed by atoms with Crippen LogP contribution in [0.4, 0.5) is 14.5 Å². The van der Waals surface area contributed by atoms with E-state index < -0.39 is 18.0 Å². The zero-order valence-corrected chi connectivity index (χ0v) is 14.9. The number of benzene rings is 1. The quantitative estimate of drug-likeness (QED) is 0.857. The van der Waals surface area contributed by atoms with Gasteiger partial charge >= 0.3 is 0 Å². The van der Waals surface area contributed by atoms with Crippen molar-refractivity contribution in [2.45, 2.75) is 58.4 Å². The van der Waals surface area contributed by atoms with Gasteiger partial charge in [-0.25, -0.2) is 8.78 Å². The van der Waals surface area contributed by atoms with Gasteiger partial charge in [-0.1, -0.05) is 32.9 Å². The molecule has 0 aliphatic heterocycles. The van der Waals surface area contributed by atoms with Gasteiger partial charge in [-0.05, 0) is 41.9 Å². The minimum Gasteiger partial charge on any atom is -0.322 e. The summed E-state index contributed by atoms with van der Waals surface area (Å²) < 4.78 is 27.8. The lowest BCUT2D eigenvalue weighted by Gasteiger charge is -2.19. The number of rotatable bonds is 4. The maximum Gasteiger partial charge on any atom is 0.282 e. The molecule has 0 saturated heterocycles. The second-order valence-electron chi connectivity index (χ2n) is 7.29. The number of aryl methyl sites for hydroxylation is 1. The number of anilines is 1. The molecule has 1 atom stereocenters. The molecule has 1 aliphatic carbocycles. The Bertz CT molecular complexity index is 811. The Morgan fingerprint density at radius 3 is 2.80 bits per heavy atom. The fourth-order valence-electron chi connectivity index (χ4n) is 3.90. The number of halogens is 2. The molecule has 0 spiro atoms. The smallest absolute Gasteiger partial charge is 0.282 e. The van der Waals surface area contributed by atoms with Crippen LogP contribution < -0.4 is 5.32 Å². The number of carbonyl (C=O) groups is 1. The van der Waals surface area contributed by atoms with Crippen LogP contribution in [0.2, 0.25) is 0 Å². The molecule has 0 bridgehead atoms. The van der Waals surface area contributed by atoms with E-state index in [-0.39, 0.29) is 11.0 Å². The van der Waals surface area contributed by atoms with E-state index in [4.69, 9.17) is 0 Å². The molecule has 0 saturated carbocycles. The Hall–Kier alpha value is -2.24. The first-order valence-corrected chi connectivity index (χ1v) is 8.54. The summed E-state index contributed by atoms with van der Waals surface area (Å²) in [7, 11) is 0. The van der Waals surface area contributed by atoms with Crippen molar-refractivity contribution in [2.24, 2.45) is 0 Å². The number of alkyl halides is 2. The van der Waals surface area contributed by atoms with Crippen LogP contribution in [0.15, 0.2) is 24.4 Å². The largest absolute Gasteiger partial charge is 0.322 e. The van der Waals surface area contributed by atoms with Crippen LogP contribution in [-0.2, 0) is 12.0 Å². The molecule has 1 N–H and O–H groups in total. The molecular weight excluding hydrogens is 324 g/mol. The molecule has 4 nitrogen and oxygen atoms in total. The standard InChI is InChI=1S/C19H23F2N3O/c1-5-24-10-12(16(23-24)17(20)21)18(25)22-14-8-6-7-13-15(14)11(2)9-19(13,3)4/h6-8,10-11,17H,5,9H2,1-4H3,(H,22,25). The molecular formula is C19H23F2N3O. The number of carbonyl (C=O) groups excluding carboxylic acids is 1. The van der Waals surface area contributed by atoms with Crippen molar-refractivity contribution < 1.29 is 13.6 Å². The Morgan fingerprint density at radius 1 is 1.44 bits per heavy atom. The van der Waals surface area contributed by atoms with Gasteiger partial charge in [0.15, 0.2) is 0 Å². The fraction of sp³-hybridized carbons (Fsp3) is 0.474. The lowest BCUT2D eigenvalue weighted by Crippen LogP contribution is -2.16. The summed E-state index contributed by atoms with van der Waals surface area (Å²) in [5.41, 5.74) is 2.50. The third-order valence-electron chi connectivity index (χ3n) is 4.96. The molecule has 1 unspecified atom stereocenters. The zero-order chi connectivity index (χ0) is 18.4. The summed E-state index contributed by atoms with van der Waals surface area (Å²) in [6.07, 6.45) is -0.411. The summed E-state index contributed by atoms with van der Waals surface area (Å²) in [4.78, 5) is 12.6. The summed E-state index contributed by atoms with van der Waals surface area (Å²) in [5, 5.41) is 6.64. The van der Waals surface area contributed by atoms with Gasteiger partial charge in [0, 0.05) is 18.4 Å². The maximum atomic E-state index is 13.2. The van der Waals surface area contributed by atoms with Gasteiger partial charge in [0.05, 0.1) is 5.56 Å². The average molecular weight is 347 g/mol. The first-order valence-electron chi connectivity index (χ1n) is 8.54. The fourth-order valence-corrected chi connectivity index (χ4v) is 3.90. The maximum absolute atomic E-state index is 13.2. The molecule has 2 aromatic rings. The Morgan fingerprint density at radius 2 is 2.16 bits per heavy atom. The third kappa shape index (κ3) is 3.05. The van der Waals surface area contributed by atoms with E-state index in [0.717, 1.165) is 12.0 Å². The van der Waals surface area contributed by atoms with Gasteiger partial charge in [0.1, 0.15) is 5.69 Å². The molecule has 1 aromatic carbocycles. The van der Waals surface area contributed by atoms with Crippen molar-refractivity contribution in [3.05, 3.63) is 46.8 Å². The first kappa shape index (κ1) is 17.6. The number of hydrogen-bond acceptors (Lipinski definition) is 2. The average Bonchev–Trinajstić information content (AvgIpc) is 3.07. The zero-order valence-electron chi connectivity index (χ0n) is 14.9. The van der Waals surface area contributed by atoms with Crippen molar-refractivity contribution in [3.63, 3.8) is 0 Å². The Balaban J connectivity index is 1.96. The van der Waals surface area contributed by atoms with Crippen LogP contribution in [0.5, 0.6) is 0 Å². The summed E-state index contributed by atoms with van der Waals surface area (Å²) in [6.45, 7) is 8.71. The molecule has 3 rings (SSSR count). The summed E-state index contributed by atoms with van der Waals surface area (Å²) in [6, 6.07) is 5.81. The van der Waals surface area contributed by atoms with E-state index in [9.17, 15) is 13.6 Å². The third-order valence-corrected chi connectivity index (χ3v) is 4.96. The van der Waals surface area contributed by atoms with Crippen molar-refractivity contribution in [1.82, 2.24) is 9.78 Å². The van der Waals surface area contributed by atoms with Gasteiger partial charge in [-0.2, -0.15) is 5.10 Å². The summed E-state index contributed by atoms with van der Waals surface area (Å²) >= 11 is 0. The minimum atomic E-state index is -2.78. The van der Waals surface area contributed by atoms with E-state index in [2.05, 4.69) is 37.3 Å². The molecule has 1 heterocycles. The van der Waals surface area contributed by atoms with E-state index >= 15 is 0 Å². The van der Waals surface area contributed by atoms with Crippen LogP contribution in [0.1, 0.15) is 73.6 Å². The highest BCUT2D eigenvalue weighted by atomic mass is 19.3. The molecule has 1 amide bonds. The number of fused-ring (bicyclic) bond motifs is 1. The Kier molecular flexibility index (Phi) is 4.39. The molecule has 1 aromatic heterocycles. The van der Waals surface area contributed by atoms with E-state index in [0.29, 0.717) is 18.2 Å². The van der Waals surface area contributed by atoms with E-state index in [1.807, 2.05) is 12.1 Å². The van der Waals surface area contributed by atoms with Crippen LogP contribution in [0, 0.1) is 0 Å². The van der Waals surface area contributed by atoms with E-state index in [1.165, 1.54) is 16.4 Å². The lowest BCUT2D eigenvalue weighted by molar-refractivity contribution is 0.101. The summed E-state index contributed by atoms with van der Waals surface area (Å²) in [5.74, 6) is -0.241. The van der Waals surface area contributed by atoms with Crippen LogP contribution in [-0.4, -0.2) is 15.7 Å². The normalized spacial score (nSPS) is 18.4. The van der Waals surface area contributed by atoms with E-state index in [1.54, 1.807) is 6.92 Å². The van der Waals surface area contributed by atoms with Crippen LogP contribution >= 0.6 is 0 Å². The SMILES string of the molecule is CCn1cc(C(=O)Nc2cccc3c2C(C)CC3(C)C)c(C(F)F)n1. The van der Waals surface area contributed by atoms with Crippen molar-refractivity contribution in [1.29, 1.82) is 0 Å². The predicted octanol–water partition coefficient (Wildman–Crippen LogP) is 4.88. The number of amides is 1. The lowest BCUT2D eigenvalue weighted by atomic mass is 9.86. The molecule has 0 fully saturated rings. The highest BCUT2D eigenvalue weighted by Gasteiger charge is 2.36. The Labute approximate surface area is 146 Å². The minimum absolute atomic E-state index is 0.0384. The van der Waals surface area contributed by atoms with Gasteiger partial charge in [0.25, 0.3) is 12.3 Å². The van der Waals surface area contributed by atoms with Crippen molar-refractivity contribution in [2.75, 3.05) is 5.32 Å². The molecule has 134 valence electrons. The monoisotopic (exact) mass is 347 g/mol. The molecule has 6 heteroatoms. The number of nitrogens with one attached hydrogen (secondary N) is 1. The number of nitrogens with zero attached hydrogens (tertiary/aromatic N) is 2. The number of hydrogen-bond donors (Lipinski definition) is 1. The van der Waals surface area contributed by atoms with Gasteiger partial charge < -0.3 is 5.32 Å². The topological polar surface area (TPSA) is 46.9 Å². The predicted molar refractivity (Wildman–Crippen MR) is 93.3 cm³/mol. The van der Waals surface area contributed by atoms with Gasteiger partial charge in [0.2, 0.25) is 0 Å². The van der Waals surface area contributed by atoms with Crippen LogP contribution in [0.25, 0.3) is 0 Å². The van der Waals surface area contributed by atoms with Crippen LogP contribution in [0.3, 0.4) is 0 Å². The van der Waals surface area contributed by atoms with Crippen molar-refractivity contribution in [3.8, 4) is 0 Å².